The number of ether oxygens (including phenoxy) is 4. The number of methoxy groups -OCH3 is 4. The Balaban J connectivity index is 2.12. The third-order valence-electron chi connectivity index (χ3n) is 2.94. The quantitative estimate of drug-likeness (QED) is 0.743. The molecule has 0 radical (unpaired) electrons. The lowest BCUT2D eigenvalue weighted by Gasteiger charge is -2.14. The van der Waals surface area contributed by atoms with Gasteiger partial charge in [-0.05, 0) is 0 Å². The van der Waals surface area contributed by atoms with Gasteiger partial charge in [-0.2, -0.15) is 9.36 Å². The van der Waals surface area contributed by atoms with E-state index in [9.17, 15) is 9.59 Å². The molecule has 0 saturated carbocycles. The van der Waals surface area contributed by atoms with Crippen molar-refractivity contribution in [2.75, 3.05) is 39.1 Å². The minimum atomic E-state index is -0.686. The van der Waals surface area contributed by atoms with Crippen LogP contribution < -0.4 is 24.8 Å². The highest BCUT2D eigenvalue weighted by molar-refractivity contribution is 7.10. The largest absolute Gasteiger partial charge is 0.493 e. The van der Waals surface area contributed by atoms with Gasteiger partial charge in [0.2, 0.25) is 10.9 Å². The number of nitrogens with zero attached hydrogens (tertiary/aromatic N) is 2. The van der Waals surface area contributed by atoms with E-state index in [1.54, 1.807) is 12.1 Å². The second-order valence-corrected chi connectivity index (χ2v) is 5.16. The van der Waals surface area contributed by atoms with Crippen molar-refractivity contribution in [1.82, 2.24) is 9.36 Å². The van der Waals surface area contributed by atoms with Crippen LogP contribution in [0.4, 0.5) is 15.6 Å². The van der Waals surface area contributed by atoms with Gasteiger partial charge in [-0.3, -0.25) is 5.32 Å². The highest BCUT2D eigenvalue weighted by Crippen LogP contribution is 2.39. The first-order valence-corrected chi connectivity index (χ1v) is 7.59. The molecular formula is C14H16N4O6S. The Kier molecular flexibility index (Phi) is 5.95. The van der Waals surface area contributed by atoms with Crippen molar-refractivity contribution < 1.29 is 28.5 Å². The van der Waals surface area contributed by atoms with Gasteiger partial charge >= 0.3 is 12.0 Å². The fraction of sp³-hybridized carbons (Fsp3) is 0.286. The molecule has 2 N–H and O–H groups in total. The summed E-state index contributed by atoms with van der Waals surface area (Å²) in [5, 5.41) is 5.21. The Morgan fingerprint density at radius 3 is 2.16 bits per heavy atom. The summed E-state index contributed by atoms with van der Waals surface area (Å²) in [6.07, 6.45) is 0. The zero-order valence-corrected chi connectivity index (χ0v) is 14.7. The van der Waals surface area contributed by atoms with E-state index < -0.39 is 12.0 Å². The van der Waals surface area contributed by atoms with E-state index in [0.29, 0.717) is 22.9 Å². The minimum absolute atomic E-state index is 0.129. The fourth-order valence-corrected chi connectivity index (χ4v) is 2.42. The first-order valence-electron chi connectivity index (χ1n) is 6.82. The Bertz CT molecular complexity index is 753. The van der Waals surface area contributed by atoms with Gasteiger partial charge in [0.1, 0.15) is 0 Å². The molecule has 0 fully saturated rings. The number of urea groups is 1. The second kappa shape index (κ2) is 8.15. The zero-order chi connectivity index (χ0) is 18.4. The molecule has 11 heteroatoms. The lowest BCUT2D eigenvalue weighted by molar-refractivity contribution is 0.0588. The van der Waals surface area contributed by atoms with Gasteiger partial charge in [-0.1, -0.05) is 0 Å². The maximum absolute atomic E-state index is 12.1. The number of esters is 1. The average Bonchev–Trinajstić information content (AvgIpc) is 3.08. The van der Waals surface area contributed by atoms with Gasteiger partial charge in [-0.25, -0.2) is 9.59 Å². The van der Waals surface area contributed by atoms with Gasteiger partial charge in [-0.15, -0.1) is 0 Å². The van der Waals surface area contributed by atoms with Crippen molar-refractivity contribution >= 4 is 34.4 Å². The second-order valence-electron chi connectivity index (χ2n) is 4.41. The maximum Gasteiger partial charge on any atom is 0.377 e. The van der Waals surface area contributed by atoms with Crippen LogP contribution in [0.2, 0.25) is 0 Å². The summed E-state index contributed by atoms with van der Waals surface area (Å²) < 4.78 is 23.9. The average molecular weight is 368 g/mol. The van der Waals surface area contributed by atoms with E-state index in [2.05, 4.69) is 24.7 Å². The van der Waals surface area contributed by atoms with Gasteiger partial charge in [0.25, 0.3) is 5.82 Å². The summed E-state index contributed by atoms with van der Waals surface area (Å²) in [5.74, 6) is 0.370. The highest BCUT2D eigenvalue weighted by Gasteiger charge is 2.17. The number of hydrogen-bond acceptors (Lipinski definition) is 9. The number of aromatic nitrogens is 2. The van der Waals surface area contributed by atoms with Crippen molar-refractivity contribution in [2.45, 2.75) is 0 Å². The molecule has 0 atom stereocenters. The molecule has 0 aliphatic heterocycles. The molecule has 2 amide bonds. The number of benzene rings is 1. The third kappa shape index (κ3) is 4.26. The van der Waals surface area contributed by atoms with Gasteiger partial charge in [0, 0.05) is 23.7 Å². The van der Waals surface area contributed by atoms with Gasteiger partial charge in [0.15, 0.2) is 11.5 Å². The van der Waals surface area contributed by atoms with Crippen molar-refractivity contribution in [3.8, 4) is 17.2 Å². The maximum atomic E-state index is 12.1. The summed E-state index contributed by atoms with van der Waals surface area (Å²) in [4.78, 5) is 27.2. The van der Waals surface area contributed by atoms with Crippen LogP contribution in [0.15, 0.2) is 12.1 Å². The van der Waals surface area contributed by atoms with Crippen molar-refractivity contribution in [2.24, 2.45) is 0 Å². The van der Waals surface area contributed by atoms with Crippen LogP contribution in [0.1, 0.15) is 10.6 Å². The number of rotatable bonds is 6. The van der Waals surface area contributed by atoms with E-state index in [-0.39, 0.29) is 11.0 Å². The molecule has 2 aromatic rings. The first-order chi connectivity index (χ1) is 12.0. The monoisotopic (exact) mass is 368 g/mol. The molecule has 134 valence electrons. The van der Waals surface area contributed by atoms with E-state index in [0.717, 1.165) is 11.5 Å². The Morgan fingerprint density at radius 2 is 1.64 bits per heavy atom. The third-order valence-corrected chi connectivity index (χ3v) is 3.57. The van der Waals surface area contributed by atoms with Crippen LogP contribution in [0, 0.1) is 0 Å². The van der Waals surface area contributed by atoms with Crippen LogP contribution in [-0.4, -0.2) is 49.8 Å². The van der Waals surface area contributed by atoms with Crippen LogP contribution in [0.25, 0.3) is 0 Å². The number of carbonyl (C=O) groups excluding carboxylic acids is 2. The highest BCUT2D eigenvalue weighted by atomic mass is 32.1. The first kappa shape index (κ1) is 18.3. The molecule has 0 bridgehead atoms. The van der Waals surface area contributed by atoms with Crippen LogP contribution in [0.3, 0.4) is 0 Å². The summed E-state index contributed by atoms with van der Waals surface area (Å²) in [6, 6.07) is 2.56. The van der Waals surface area contributed by atoms with Crippen molar-refractivity contribution in [3.05, 3.63) is 18.0 Å². The number of hydrogen-bond donors (Lipinski definition) is 2. The van der Waals surface area contributed by atoms with Crippen LogP contribution in [-0.2, 0) is 4.74 Å². The fourth-order valence-electron chi connectivity index (χ4n) is 1.86. The SMILES string of the molecule is COC(=O)c1nsc(NC(=O)Nc2cc(OC)c(OC)c(OC)c2)n1. The van der Waals surface area contributed by atoms with E-state index in [1.165, 1.54) is 28.4 Å². The summed E-state index contributed by atoms with van der Waals surface area (Å²) in [5.41, 5.74) is 0.407. The molecule has 0 spiro atoms. The Hall–Kier alpha value is -3.08. The molecular weight excluding hydrogens is 352 g/mol. The zero-order valence-electron chi connectivity index (χ0n) is 13.9. The van der Waals surface area contributed by atoms with Crippen LogP contribution in [0.5, 0.6) is 17.2 Å². The standard InChI is InChI=1S/C14H16N4O6S/c1-21-8-5-7(6-9(22-2)10(8)23-3)15-13(20)17-14-16-11(18-25-14)12(19)24-4/h5-6H,1-4H3,(H2,15,16,17,18,20). The number of anilines is 2. The molecule has 0 aliphatic rings. The van der Waals surface area contributed by atoms with Crippen molar-refractivity contribution in [1.29, 1.82) is 0 Å². The Labute approximate surface area is 147 Å². The number of carbonyl (C=O) groups is 2. The van der Waals surface area contributed by atoms with Gasteiger partial charge < -0.3 is 24.3 Å². The van der Waals surface area contributed by atoms with E-state index in [1.807, 2.05) is 0 Å². The smallest absolute Gasteiger partial charge is 0.377 e. The van der Waals surface area contributed by atoms with Crippen LogP contribution >= 0.6 is 11.5 Å². The number of nitrogens with one attached hydrogen (secondary N) is 2. The molecule has 1 heterocycles. The predicted octanol–water partition coefficient (Wildman–Crippen LogP) is 1.99. The molecule has 0 unspecified atom stereocenters. The molecule has 1 aromatic carbocycles. The molecule has 1 aromatic heterocycles. The number of amides is 2. The molecule has 0 aliphatic carbocycles. The predicted molar refractivity (Wildman–Crippen MR) is 90.0 cm³/mol. The lowest BCUT2D eigenvalue weighted by atomic mass is 10.2. The normalized spacial score (nSPS) is 9.92. The Morgan fingerprint density at radius 1 is 1.00 bits per heavy atom. The van der Waals surface area contributed by atoms with E-state index >= 15 is 0 Å². The summed E-state index contributed by atoms with van der Waals surface area (Å²) >= 11 is 0.850. The summed E-state index contributed by atoms with van der Waals surface area (Å²) in [7, 11) is 5.63. The van der Waals surface area contributed by atoms with E-state index in [4.69, 9.17) is 14.2 Å². The lowest BCUT2D eigenvalue weighted by Crippen LogP contribution is -2.19. The summed E-state index contributed by atoms with van der Waals surface area (Å²) in [6.45, 7) is 0. The molecule has 0 saturated heterocycles. The topological polar surface area (TPSA) is 121 Å². The molecule has 2 rings (SSSR count). The minimum Gasteiger partial charge on any atom is -0.493 e. The molecule has 10 nitrogen and oxygen atoms in total. The van der Waals surface area contributed by atoms with Gasteiger partial charge in [0.05, 0.1) is 34.1 Å². The molecule has 25 heavy (non-hydrogen) atoms. The van der Waals surface area contributed by atoms with Crippen molar-refractivity contribution in [3.63, 3.8) is 0 Å².